The van der Waals surface area contributed by atoms with E-state index in [1.54, 1.807) is 0 Å². The molecule has 2 rings (SSSR count). The summed E-state index contributed by atoms with van der Waals surface area (Å²) in [5.74, 6) is -0.469. The van der Waals surface area contributed by atoms with Gasteiger partial charge in [-0.05, 0) is 6.42 Å². The first-order chi connectivity index (χ1) is 9.01. The van der Waals surface area contributed by atoms with Crippen LogP contribution in [0.1, 0.15) is 20.3 Å². The minimum absolute atomic E-state index is 0.222. The molecular formula is C12H21IN2O4. The van der Waals surface area contributed by atoms with Crippen molar-refractivity contribution < 1.29 is 19.4 Å². The zero-order chi connectivity index (χ0) is 14.4. The second kappa shape index (κ2) is 8.01. The lowest BCUT2D eigenvalue weighted by Gasteiger charge is -2.40. The first-order valence-corrected chi connectivity index (χ1v) is 7.69. The number of aliphatic hydroxyl groups excluding tert-OH is 1. The molecule has 0 saturated carbocycles. The Hall–Kier alpha value is -0.410. The summed E-state index contributed by atoms with van der Waals surface area (Å²) in [6.07, 6.45) is 1.29. The normalized spacial score (nSPS) is 27.9. The predicted molar refractivity (Wildman–Crippen MR) is 79.1 cm³/mol. The number of piperazine rings is 1. The molecule has 2 unspecified atom stereocenters. The van der Waals surface area contributed by atoms with Crippen LogP contribution in [0.25, 0.3) is 0 Å². The minimum atomic E-state index is -0.781. The summed E-state index contributed by atoms with van der Waals surface area (Å²) in [5.41, 5.74) is 0. The van der Waals surface area contributed by atoms with Crippen molar-refractivity contribution in [3.8, 4) is 0 Å². The van der Waals surface area contributed by atoms with Gasteiger partial charge in [-0.3, -0.25) is 9.59 Å². The van der Waals surface area contributed by atoms with E-state index in [4.69, 9.17) is 9.84 Å². The highest BCUT2D eigenvalue weighted by Gasteiger charge is 2.41. The Morgan fingerprint density at radius 2 is 2.21 bits per heavy atom. The molecule has 2 saturated heterocycles. The first-order valence-electron chi connectivity index (χ1n) is 6.44. The van der Waals surface area contributed by atoms with Crippen molar-refractivity contribution in [3.05, 3.63) is 0 Å². The molecule has 0 aromatic carbocycles. The van der Waals surface area contributed by atoms with Gasteiger partial charge >= 0.3 is 0 Å². The lowest BCUT2D eigenvalue weighted by Crippen LogP contribution is -2.67. The maximum Gasteiger partial charge on any atom is 0.248 e. The van der Waals surface area contributed by atoms with Crippen LogP contribution in [-0.2, 0) is 14.3 Å². The van der Waals surface area contributed by atoms with E-state index in [1.807, 2.05) is 0 Å². The van der Waals surface area contributed by atoms with Crippen LogP contribution in [0.3, 0.4) is 0 Å². The third-order valence-electron chi connectivity index (χ3n) is 3.07. The van der Waals surface area contributed by atoms with Gasteiger partial charge in [0.2, 0.25) is 11.8 Å². The standard InChI is InChI=1S/C8H12N2O4.C4H9I/c11-3-5-8(13)10-1-2-14-4-6(10)7(12)9-5;1-3-4(2)5/h5-6,11H,1-4H2,(H,9,12);4H,3H2,1-2H3/t5-,6?;/m1./s1. The highest BCUT2D eigenvalue weighted by molar-refractivity contribution is 14.1. The highest BCUT2D eigenvalue weighted by Crippen LogP contribution is 2.13. The van der Waals surface area contributed by atoms with Crippen LogP contribution in [-0.4, -0.2) is 64.2 Å². The van der Waals surface area contributed by atoms with Crippen LogP contribution in [0.2, 0.25) is 0 Å². The molecule has 0 radical (unpaired) electrons. The van der Waals surface area contributed by atoms with Crippen LogP contribution in [0, 0.1) is 0 Å². The van der Waals surface area contributed by atoms with Gasteiger partial charge in [0.15, 0.2) is 0 Å². The number of rotatable bonds is 2. The van der Waals surface area contributed by atoms with E-state index in [0.717, 1.165) is 3.92 Å². The molecule has 19 heavy (non-hydrogen) atoms. The first kappa shape index (κ1) is 16.6. The lowest BCUT2D eigenvalue weighted by molar-refractivity contribution is -0.158. The number of nitrogens with zero attached hydrogens (tertiary/aromatic N) is 1. The molecule has 6 nitrogen and oxygen atoms in total. The number of carbonyl (C=O) groups is 2. The number of ether oxygens (including phenoxy) is 1. The van der Waals surface area contributed by atoms with Gasteiger partial charge < -0.3 is 20.1 Å². The van der Waals surface area contributed by atoms with Crippen molar-refractivity contribution >= 4 is 34.4 Å². The van der Waals surface area contributed by atoms with Gasteiger partial charge in [0.1, 0.15) is 12.1 Å². The third-order valence-corrected chi connectivity index (χ3v) is 3.95. The number of fused-ring (bicyclic) bond motifs is 1. The molecule has 3 atom stereocenters. The van der Waals surface area contributed by atoms with Crippen LogP contribution in [0.5, 0.6) is 0 Å². The fourth-order valence-corrected chi connectivity index (χ4v) is 1.74. The fourth-order valence-electron chi connectivity index (χ4n) is 1.74. The summed E-state index contributed by atoms with van der Waals surface area (Å²) in [4.78, 5) is 24.6. The van der Waals surface area contributed by atoms with Gasteiger partial charge in [0.05, 0.1) is 19.8 Å². The maximum absolute atomic E-state index is 11.6. The molecule has 2 amide bonds. The predicted octanol–water partition coefficient (Wildman–Crippen LogP) is -0.0756. The third kappa shape index (κ3) is 4.57. The highest BCUT2D eigenvalue weighted by atomic mass is 127. The Morgan fingerprint density at radius 3 is 2.74 bits per heavy atom. The molecular weight excluding hydrogens is 363 g/mol. The Morgan fingerprint density at radius 1 is 1.58 bits per heavy atom. The molecule has 2 aliphatic heterocycles. The van der Waals surface area contributed by atoms with Gasteiger partial charge in [-0.25, -0.2) is 0 Å². The quantitative estimate of drug-likeness (QED) is 0.516. The fraction of sp³-hybridized carbons (Fsp3) is 0.833. The molecule has 0 aliphatic carbocycles. The van der Waals surface area contributed by atoms with E-state index < -0.39 is 12.1 Å². The number of hydrogen-bond donors (Lipinski definition) is 2. The molecule has 0 bridgehead atoms. The molecule has 2 fully saturated rings. The second-order valence-electron chi connectivity index (χ2n) is 4.56. The maximum atomic E-state index is 11.6. The summed E-state index contributed by atoms with van der Waals surface area (Å²) in [5, 5.41) is 11.3. The average molecular weight is 384 g/mol. The van der Waals surface area contributed by atoms with E-state index in [9.17, 15) is 9.59 Å². The molecule has 2 heterocycles. The summed E-state index contributed by atoms with van der Waals surface area (Å²) >= 11 is 2.41. The van der Waals surface area contributed by atoms with Crippen molar-refractivity contribution in [2.24, 2.45) is 0 Å². The Balaban J connectivity index is 0.000000312. The number of amides is 2. The molecule has 2 N–H and O–H groups in total. The van der Waals surface area contributed by atoms with E-state index >= 15 is 0 Å². The van der Waals surface area contributed by atoms with Crippen LogP contribution in [0.15, 0.2) is 0 Å². The summed E-state index contributed by atoms with van der Waals surface area (Å²) in [7, 11) is 0. The van der Waals surface area contributed by atoms with E-state index in [1.165, 1.54) is 11.3 Å². The van der Waals surface area contributed by atoms with Crippen LogP contribution in [0.4, 0.5) is 0 Å². The lowest BCUT2D eigenvalue weighted by atomic mass is 10.1. The number of hydrogen-bond acceptors (Lipinski definition) is 4. The number of halogens is 1. The summed E-state index contributed by atoms with van der Waals surface area (Å²) in [6, 6.07) is -1.30. The minimum Gasteiger partial charge on any atom is -0.394 e. The number of alkyl halides is 1. The zero-order valence-electron chi connectivity index (χ0n) is 11.3. The largest absolute Gasteiger partial charge is 0.394 e. The van der Waals surface area contributed by atoms with E-state index in [-0.39, 0.29) is 25.0 Å². The van der Waals surface area contributed by atoms with E-state index in [2.05, 4.69) is 41.8 Å². The van der Waals surface area contributed by atoms with Gasteiger partial charge in [-0.1, -0.05) is 36.4 Å². The van der Waals surface area contributed by atoms with Gasteiger partial charge in [-0.15, -0.1) is 0 Å². The molecule has 110 valence electrons. The van der Waals surface area contributed by atoms with Crippen molar-refractivity contribution in [2.75, 3.05) is 26.4 Å². The van der Waals surface area contributed by atoms with Crippen LogP contribution >= 0.6 is 22.6 Å². The molecule has 7 heteroatoms. The second-order valence-corrected chi connectivity index (χ2v) is 6.68. The van der Waals surface area contributed by atoms with E-state index in [0.29, 0.717) is 13.2 Å². The monoisotopic (exact) mass is 384 g/mol. The average Bonchev–Trinajstić information content (AvgIpc) is 2.43. The Kier molecular flexibility index (Phi) is 7.01. The van der Waals surface area contributed by atoms with Crippen molar-refractivity contribution in [1.29, 1.82) is 0 Å². The molecule has 2 aliphatic rings. The van der Waals surface area contributed by atoms with Crippen molar-refractivity contribution in [3.63, 3.8) is 0 Å². The van der Waals surface area contributed by atoms with Crippen molar-refractivity contribution in [2.45, 2.75) is 36.3 Å². The molecule has 0 aromatic rings. The number of morpholine rings is 1. The Bertz CT molecular complexity index is 325. The smallest absolute Gasteiger partial charge is 0.248 e. The number of aliphatic hydroxyl groups is 1. The molecule has 0 aromatic heterocycles. The van der Waals surface area contributed by atoms with Crippen molar-refractivity contribution in [1.82, 2.24) is 10.2 Å². The zero-order valence-corrected chi connectivity index (χ0v) is 13.4. The molecule has 0 spiro atoms. The number of nitrogens with one attached hydrogen (secondary N) is 1. The van der Waals surface area contributed by atoms with Gasteiger partial charge in [-0.2, -0.15) is 0 Å². The van der Waals surface area contributed by atoms with Gasteiger partial charge in [0.25, 0.3) is 0 Å². The van der Waals surface area contributed by atoms with Gasteiger partial charge in [0, 0.05) is 10.5 Å². The summed E-state index contributed by atoms with van der Waals surface area (Å²) in [6.45, 7) is 5.17. The van der Waals surface area contributed by atoms with Crippen LogP contribution < -0.4 is 5.32 Å². The SMILES string of the molecule is CCC(C)I.O=C1N[C@H](CO)C(=O)N2CCOCC12. The number of carbonyl (C=O) groups excluding carboxylic acids is 2. The summed E-state index contributed by atoms with van der Waals surface area (Å²) < 4.78 is 5.96. The Labute approximate surface area is 127 Å². The topological polar surface area (TPSA) is 78.9 Å².